The predicted molar refractivity (Wildman–Crippen MR) is 100 cm³/mol. The number of aromatic nitrogens is 5. The van der Waals surface area contributed by atoms with E-state index in [4.69, 9.17) is 10.5 Å². The fraction of sp³-hybridized carbons (Fsp3) is 0.200. The molecule has 1 amide bonds. The standard InChI is InChI=1S/C15H15BrN8O4/c1-3-27-10-5-8(4-9(16)12(10)25)6-18-20-15(26)11-7(2)19-23-24(11)14-13(17)21-28-22-14/h4-6,25H,3H2,1-2H3,(H2,17,21)(H,20,26). The number of rotatable bonds is 6. The largest absolute Gasteiger partial charge is 0.503 e. The predicted octanol–water partition coefficient (Wildman–Crippen LogP) is 1.17. The molecule has 0 aliphatic rings. The molecule has 0 saturated heterocycles. The van der Waals surface area contributed by atoms with Crippen LogP contribution in [0.15, 0.2) is 26.3 Å². The van der Waals surface area contributed by atoms with E-state index >= 15 is 0 Å². The molecule has 12 nitrogen and oxygen atoms in total. The number of hydrazone groups is 1. The van der Waals surface area contributed by atoms with Crippen molar-refractivity contribution < 1.29 is 19.3 Å². The maximum Gasteiger partial charge on any atom is 0.292 e. The molecule has 0 radical (unpaired) electrons. The number of benzene rings is 1. The van der Waals surface area contributed by atoms with Crippen molar-refractivity contribution in [2.24, 2.45) is 5.10 Å². The van der Waals surface area contributed by atoms with Gasteiger partial charge in [0.05, 0.1) is 23.0 Å². The van der Waals surface area contributed by atoms with E-state index in [0.717, 1.165) is 4.68 Å². The molecule has 3 aromatic rings. The number of aromatic hydroxyl groups is 1. The monoisotopic (exact) mass is 450 g/mol. The fourth-order valence-corrected chi connectivity index (χ4v) is 2.72. The topological polar surface area (TPSA) is 167 Å². The number of nitrogens with one attached hydrogen (secondary N) is 1. The van der Waals surface area contributed by atoms with Gasteiger partial charge in [-0.2, -0.15) is 9.78 Å². The van der Waals surface area contributed by atoms with Gasteiger partial charge in [0, 0.05) is 0 Å². The van der Waals surface area contributed by atoms with Gasteiger partial charge in [-0.15, -0.1) is 5.10 Å². The first kappa shape index (κ1) is 19.3. The molecule has 28 heavy (non-hydrogen) atoms. The zero-order valence-corrected chi connectivity index (χ0v) is 16.3. The van der Waals surface area contributed by atoms with E-state index in [-0.39, 0.29) is 28.8 Å². The molecule has 0 aliphatic heterocycles. The maximum atomic E-state index is 12.5. The van der Waals surface area contributed by atoms with E-state index in [1.165, 1.54) is 6.21 Å². The van der Waals surface area contributed by atoms with Crippen molar-refractivity contribution in [1.82, 2.24) is 30.7 Å². The van der Waals surface area contributed by atoms with Gasteiger partial charge in [-0.25, -0.2) is 10.1 Å². The van der Waals surface area contributed by atoms with E-state index in [1.54, 1.807) is 26.0 Å². The number of carbonyl (C=O) groups excluding carboxylic acids is 1. The van der Waals surface area contributed by atoms with Crippen LogP contribution in [0.3, 0.4) is 0 Å². The minimum absolute atomic E-state index is 0.0209. The second-order valence-corrected chi connectivity index (χ2v) is 6.24. The average Bonchev–Trinajstić information content (AvgIpc) is 3.24. The molecule has 0 saturated carbocycles. The molecule has 0 bridgehead atoms. The second-order valence-electron chi connectivity index (χ2n) is 5.39. The molecule has 4 N–H and O–H groups in total. The summed E-state index contributed by atoms with van der Waals surface area (Å²) >= 11 is 3.23. The van der Waals surface area contributed by atoms with Crippen molar-refractivity contribution >= 4 is 33.9 Å². The molecule has 146 valence electrons. The Morgan fingerprint density at radius 1 is 1.50 bits per heavy atom. The smallest absolute Gasteiger partial charge is 0.292 e. The van der Waals surface area contributed by atoms with Crippen LogP contribution in [-0.4, -0.2) is 49.1 Å². The van der Waals surface area contributed by atoms with Crippen LogP contribution >= 0.6 is 15.9 Å². The van der Waals surface area contributed by atoms with Crippen molar-refractivity contribution in [1.29, 1.82) is 0 Å². The van der Waals surface area contributed by atoms with Crippen molar-refractivity contribution in [3.05, 3.63) is 33.6 Å². The summed E-state index contributed by atoms with van der Waals surface area (Å²) in [4.78, 5) is 12.5. The van der Waals surface area contributed by atoms with Crippen molar-refractivity contribution in [3.8, 4) is 17.3 Å². The summed E-state index contributed by atoms with van der Waals surface area (Å²) in [6.45, 7) is 3.77. The summed E-state index contributed by atoms with van der Waals surface area (Å²) in [6, 6.07) is 3.20. The Hall–Kier alpha value is -3.48. The average molecular weight is 451 g/mol. The molecule has 0 spiro atoms. The van der Waals surface area contributed by atoms with Crippen LogP contribution in [-0.2, 0) is 0 Å². The molecule has 2 aromatic heterocycles. The minimum Gasteiger partial charge on any atom is -0.503 e. The van der Waals surface area contributed by atoms with Gasteiger partial charge >= 0.3 is 0 Å². The van der Waals surface area contributed by atoms with Crippen LogP contribution in [0.1, 0.15) is 28.7 Å². The number of phenolic OH excluding ortho intramolecular Hbond substituents is 1. The molecular formula is C15H15BrN8O4. The van der Waals surface area contributed by atoms with Gasteiger partial charge < -0.3 is 15.6 Å². The first-order chi connectivity index (χ1) is 13.4. The first-order valence-corrected chi connectivity index (χ1v) is 8.71. The highest BCUT2D eigenvalue weighted by Gasteiger charge is 2.22. The number of carbonyl (C=O) groups is 1. The lowest BCUT2D eigenvalue weighted by atomic mass is 10.2. The number of nitrogen functional groups attached to an aromatic ring is 1. The summed E-state index contributed by atoms with van der Waals surface area (Å²) in [5.41, 5.74) is 9.00. The third kappa shape index (κ3) is 3.78. The Kier molecular flexibility index (Phi) is 5.54. The summed E-state index contributed by atoms with van der Waals surface area (Å²) in [7, 11) is 0. The van der Waals surface area contributed by atoms with Gasteiger partial charge in [-0.1, -0.05) is 5.21 Å². The molecule has 0 fully saturated rings. The van der Waals surface area contributed by atoms with Crippen LogP contribution in [0.5, 0.6) is 11.5 Å². The molecule has 0 atom stereocenters. The lowest BCUT2D eigenvalue weighted by Crippen LogP contribution is -2.22. The van der Waals surface area contributed by atoms with Gasteiger partial charge in [-0.3, -0.25) is 4.79 Å². The van der Waals surface area contributed by atoms with E-state index in [2.05, 4.69) is 51.7 Å². The normalized spacial score (nSPS) is 11.1. The second kappa shape index (κ2) is 8.04. The van der Waals surface area contributed by atoms with Crippen LogP contribution in [0.2, 0.25) is 0 Å². The maximum absolute atomic E-state index is 12.5. The van der Waals surface area contributed by atoms with Gasteiger partial charge in [0.1, 0.15) is 0 Å². The zero-order valence-electron chi connectivity index (χ0n) is 14.7. The number of ether oxygens (including phenoxy) is 1. The molecule has 2 heterocycles. The van der Waals surface area contributed by atoms with Gasteiger partial charge in [0.2, 0.25) is 11.6 Å². The zero-order chi connectivity index (χ0) is 20.3. The number of hydrogen-bond acceptors (Lipinski definition) is 10. The van der Waals surface area contributed by atoms with Crippen molar-refractivity contribution in [2.45, 2.75) is 13.8 Å². The van der Waals surface area contributed by atoms with E-state index in [0.29, 0.717) is 22.3 Å². The highest BCUT2D eigenvalue weighted by Crippen LogP contribution is 2.35. The molecule has 3 rings (SSSR count). The Bertz CT molecular complexity index is 1040. The van der Waals surface area contributed by atoms with Gasteiger partial charge in [0.25, 0.3) is 5.91 Å². The quantitative estimate of drug-likeness (QED) is 0.368. The number of phenols is 1. The number of amides is 1. The number of anilines is 1. The Morgan fingerprint density at radius 3 is 2.96 bits per heavy atom. The first-order valence-electron chi connectivity index (χ1n) is 7.91. The SMILES string of the molecule is CCOc1cc(C=NNC(=O)c2c(C)nnn2-c2nonc2N)cc(Br)c1O. The Balaban J connectivity index is 1.80. The summed E-state index contributed by atoms with van der Waals surface area (Å²) in [5.74, 6) is -0.327. The third-order valence-electron chi connectivity index (χ3n) is 3.48. The molecule has 0 aliphatic carbocycles. The van der Waals surface area contributed by atoms with Crippen LogP contribution in [0.4, 0.5) is 5.82 Å². The number of nitrogens with two attached hydrogens (primary N) is 1. The lowest BCUT2D eigenvalue weighted by molar-refractivity contribution is 0.0946. The molecular weight excluding hydrogens is 436 g/mol. The van der Waals surface area contributed by atoms with Crippen LogP contribution in [0.25, 0.3) is 5.82 Å². The highest BCUT2D eigenvalue weighted by atomic mass is 79.9. The highest BCUT2D eigenvalue weighted by molar-refractivity contribution is 9.10. The van der Waals surface area contributed by atoms with Crippen molar-refractivity contribution in [2.75, 3.05) is 12.3 Å². The summed E-state index contributed by atoms with van der Waals surface area (Å²) in [5, 5.41) is 28.6. The molecule has 0 unspecified atom stereocenters. The fourth-order valence-electron chi connectivity index (χ4n) is 2.26. The van der Waals surface area contributed by atoms with Crippen LogP contribution < -0.4 is 15.9 Å². The summed E-state index contributed by atoms with van der Waals surface area (Å²) in [6.07, 6.45) is 1.39. The third-order valence-corrected chi connectivity index (χ3v) is 4.08. The van der Waals surface area contributed by atoms with Crippen LogP contribution in [0, 0.1) is 6.92 Å². The number of nitrogens with zero attached hydrogens (tertiary/aromatic N) is 6. The van der Waals surface area contributed by atoms with Crippen molar-refractivity contribution in [3.63, 3.8) is 0 Å². The van der Waals surface area contributed by atoms with Gasteiger partial charge in [0.15, 0.2) is 17.2 Å². The number of halogens is 1. The summed E-state index contributed by atoms with van der Waals surface area (Å²) < 4.78 is 11.4. The van der Waals surface area contributed by atoms with E-state index in [1.807, 2.05) is 0 Å². The minimum atomic E-state index is -0.593. The lowest BCUT2D eigenvalue weighted by Gasteiger charge is -2.08. The number of hydrogen-bond donors (Lipinski definition) is 3. The molecule has 1 aromatic carbocycles. The molecule has 13 heteroatoms. The van der Waals surface area contributed by atoms with E-state index in [9.17, 15) is 9.90 Å². The Labute approximate surface area is 166 Å². The number of aryl methyl sites for hydroxylation is 1. The van der Waals surface area contributed by atoms with Gasteiger partial charge in [-0.05, 0) is 57.8 Å². The Morgan fingerprint density at radius 2 is 2.29 bits per heavy atom. The van der Waals surface area contributed by atoms with E-state index < -0.39 is 5.91 Å².